The SMILES string of the molecule is C[C@@H]1C[C@H](CNC(=O)NC[C@H]2CC[C@@H](O)C2)CN1Cc1ccccc1. The van der Waals surface area contributed by atoms with Gasteiger partial charge in [-0.15, -0.1) is 0 Å². The molecular weight excluding hydrogens is 314 g/mol. The van der Waals surface area contributed by atoms with Gasteiger partial charge < -0.3 is 15.7 Å². The maximum Gasteiger partial charge on any atom is 0.314 e. The van der Waals surface area contributed by atoms with Gasteiger partial charge in [0.05, 0.1) is 6.10 Å². The van der Waals surface area contributed by atoms with Crippen LogP contribution in [0.25, 0.3) is 0 Å². The minimum atomic E-state index is -0.176. The molecule has 0 radical (unpaired) electrons. The van der Waals surface area contributed by atoms with Crippen LogP contribution >= 0.6 is 0 Å². The average Bonchev–Trinajstić information content (AvgIpc) is 3.18. The van der Waals surface area contributed by atoms with Crippen molar-refractivity contribution >= 4 is 6.03 Å². The second kappa shape index (κ2) is 8.68. The minimum Gasteiger partial charge on any atom is -0.393 e. The zero-order valence-corrected chi connectivity index (χ0v) is 15.2. The van der Waals surface area contributed by atoms with Crippen molar-refractivity contribution in [3.05, 3.63) is 35.9 Å². The largest absolute Gasteiger partial charge is 0.393 e. The molecule has 3 rings (SSSR count). The molecule has 0 unspecified atom stereocenters. The lowest BCUT2D eigenvalue weighted by molar-refractivity contribution is 0.177. The number of hydrogen-bond acceptors (Lipinski definition) is 3. The van der Waals surface area contributed by atoms with Crippen molar-refractivity contribution in [2.24, 2.45) is 11.8 Å². The number of likely N-dealkylation sites (tertiary alicyclic amines) is 1. The summed E-state index contributed by atoms with van der Waals surface area (Å²) in [6, 6.07) is 11.0. The summed E-state index contributed by atoms with van der Waals surface area (Å²) in [5.41, 5.74) is 1.35. The van der Waals surface area contributed by atoms with Gasteiger partial charge in [-0.2, -0.15) is 0 Å². The number of urea groups is 1. The maximum absolute atomic E-state index is 12.0. The van der Waals surface area contributed by atoms with Crippen LogP contribution in [0.4, 0.5) is 4.79 Å². The Morgan fingerprint density at radius 3 is 2.52 bits per heavy atom. The van der Waals surface area contributed by atoms with Gasteiger partial charge in [-0.25, -0.2) is 4.79 Å². The van der Waals surface area contributed by atoms with E-state index in [1.165, 1.54) is 5.56 Å². The van der Waals surface area contributed by atoms with Crippen molar-refractivity contribution in [1.82, 2.24) is 15.5 Å². The maximum atomic E-state index is 12.0. The summed E-state index contributed by atoms with van der Waals surface area (Å²) in [5.74, 6) is 0.936. The van der Waals surface area contributed by atoms with E-state index in [1.54, 1.807) is 0 Å². The lowest BCUT2D eigenvalue weighted by Crippen LogP contribution is -2.40. The lowest BCUT2D eigenvalue weighted by atomic mass is 10.1. The molecule has 1 saturated heterocycles. The Kier molecular flexibility index (Phi) is 6.32. The van der Waals surface area contributed by atoms with Crippen LogP contribution in [0.3, 0.4) is 0 Å². The Hall–Kier alpha value is -1.59. The highest BCUT2D eigenvalue weighted by molar-refractivity contribution is 5.73. The molecule has 1 aliphatic carbocycles. The standard InChI is InChI=1S/C20H31N3O2/c1-15-9-18(14-23(15)13-16-5-3-2-4-6-16)12-22-20(25)21-11-17-7-8-19(24)10-17/h2-6,15,17-19,24H,7-14H2,1H3,(H2,21,22,25)/t15-,17+,18-,19-/m1/s1. The van der Waals surface area contributed by atoms with Crippen LogP contribution < -0.4 is 10.6 Å². The van der Waals surface area contributed by atoms with Crippen molar-refractivity contribution in [1.29, 1.82) is 0 Å². The molecular formula is C20H31N3O2. The molecule has 0 aromatic heterocycles. The number of hydrogen-bond donors (Lipinski definition) is 3. The first kappa shape index (κ1) is 18.2. The smallest absolute Gasteiger partial charge is 0.314 e. The summed E-state index contributed by atoms with van der Waals surface area (Å²) in [5, 5.41) is 15.5. The summed E-state index contributed by atoms with van der Waals surface area (Å²) < 4.78 is 0. The zero-order chi connectivity index (χ0) is 17.6. The molecule has 2 amide bonds. The summed E-state index contributed by atoms with van der Waals surface area (Å²) in [6.07, 6.45) is 3.64. The van der Waals surface area contributed by atoms with E-state index in [1.807, 2.05) is 0 Å². The van der Waals surface area contributed by atoms with Gasteiger partial charge in [0.25, 0.3) is 0 Å². The third-order valence-electron chi connectivity index (χ3n) is 5.64. The van der Waals surface area contributed by atoms with Crippen LogP contribution in [0.5, 0.6) is 0 Å². The molecule has 2 aliphatic rings. The first-order valence-corrected chi connectivity index (χ1v) is 9.58. The van der Waals surface area contributed by atoms with Crippen LogP contribution in [-0.2, 0) is 6.54 Å². The van der Waals surface area contributed by atoms with E-state index < -0.39 is 0 Å². The van der Waals surface area contributed by atoms with Crippen LogP contribution in [-0.4, -0.2) is 47.8 Å². The fourth-order valence-electron chi connectivity index (χ4n) is 4.17. The van der Waals surface area contributed by atoms with Crippen LogP contribution in [0.2, 0.25) is 0 Å². The molecule has 0 spiro atoms. The number of nitrogens with zero attached hydrogens (tertiary/aromatic N) is 1. The molecule has 1 aromatic rings. The monoisotopic (exact) mass is 345 g/mol. The van der Waals surface area contributed by atoms with Crippen LogP contribution in [0.15, 0.2) is 30.3 Å². The molecule has 1 saturated carbocycles. The Morgan fingerprint density at radius 2 is 1.84 bits per heavy atom. The number of carbonyl (C=O) groups excluding carboxylic acids is 1. The molecule has 1 aromatic carbocycles. The molecule has 3 N–H and O–H groups in total. The van der Waals surface area contributed by atoms with Crippen molar-refractivity contribution in [3.8, 4) is 0 Å². The van der Waals surface area contributed by atoms with Crippen molar-refractivity contribution in [2.75, 3.05) is 19.6 Å². The van der Waals surface area contributed by atoms with Gasteiger partial charge in [0.1, 0.15) is 0 Å². The molecule has 5 heteroatoms. The summed E-state index contributed by atoms with van der Waals surface area (Å²) in [7, 11) is 0. The van der Waals surface area contributed by atoms with Gasteiger partial charge in [-0.3, -0.25) is 4.90 Å². The highest BCUT2D eigenvalue weighted by atomic mass is 16.3. The average molecular weight is 345 g/mol. The van der Waals surface area contributed by atoms with Gasteiger partial charge >= 0.3 is 6.03 Å². The van der Waals surface area contributed by atoms with E-state index in [9.17, 15) is 9.90 Å². The molecule has 0 bridgehead atoms. The molecule has 4 atom stereocenters. The Morgan fingerprint density at radius 1 is 1.12 bits per heavy atom. The predicted octanol–water partition coefficient (Wildman–Crippen LogP) is 2.36. The van der Waals surface area contributed by atoms with Gasteiger partial charge in [0.2, 0.25) is 0 Å². The predicted molar refractivity (Wildman–Crippen MR) is 99.2 cm³/mol. The van der Waals surface area contributed by atoms with Crippen molar-refractivity contribution in [2.45, 2.75) is 51.3 Å². The number of nitrogens with one attached hydrogen (secondary N) is 2. The van der Waals surface area contributed by atoms with Gasteiger partial charge in [-0.1, -0.05) is 30.3 Å². The minimum absolute atomic E-state index is 0.0736. The molecule has 138 valence electrons. The number of aliphatic hydroxyl groups is 1. The second-order valence-electron chi connectivity index (χ2n) is 7.79. The highest BCUT2D eigenvalue weighted by Crippen LogP contribution is 2.25. The van der Waals surface area contributed by atoms with E-state index in [2.05, 4.69) is 52.8 Å². The zero-order valence-electron chi connectivity index (χ0n) is 15.2. The normalized spacial score (nSPS) is 29.7. The summed E-state index contributed by atoms with van der Waals surface area (Å²) in [6.45, 7) is 5.69. The topological polar surface area (TPSA) is 64.6 Å². The van der Waals surface area contributed by atoms with E-state index in [0.717, 1.165) is 45.3 Å². The third-order valence-corrected chi connectivity index (χ3v) is 5.64. The van der Waals surface area contributed by atoms with Crippen LogP contribution in [0.1, 0.15) is 38.2 Å². The van der Waals surface area contributed by atoms with Gasteiger partial charge in [0, 0.05) is 32.2 Å². The molecule has 25 heavy (non-hydrogen) atoms. The summed E-state index contributed by atoms with van der Waals surface area (Å²) in [4.78, 5) is 14.5. The molecule has 1 heterocycles. The van der Waals surface area contributed by atoms with E-state index >= 15 is 0 Å². The fraction of sp³-hybridized carbons (Fsp3) is 0.650. The van der Waals surface area contributed by atoms with E-state index in [-0.39, 0.29) is 12.1 Å². The lowest BCUT2D eigenvalue weighted by Gasteiger charge is -2.21. The van der Waals surface area contributed by atoms with Crippen molar-refractivity contribution < 1.29 is 9.90 Å². The molecule has 5 nitrogen and oxygen atoms in total. The second-order valence-corrected chi connectivity index (χ2v) is 7.79. The Bertz CT molecular complexity index is 551. The molecule has 2 fully saturated rings. The number of carbonyl (C=O) groups is 1. The van der Waals surface area contributed by atoms with E-state index in [0.29, 0.717) is 24.4 Å². The Balaban J connectivity index is 1.35. The van der Waals surface area contributed by atoms with Crippen LogP contribution in [0, 0.1) is 11.8 Å². The summed E-state index contributed by atoms with van der Waals surface area (Å²) >= 11 is 0. The van der Waals surface area contributed by atoms with Gasteiger partial charge in [0.15, 0.2) is 0 Å². The number of amides is 2. The number of aliphatic hydroxyl groups excluding tert-OH is 1. The number of rotatable bonds is 6. The first-order chi connectivity index (χ1) is 12.1. The number of benzene rings is 1. The Labute approximate surface area is 150 Å². The quantitative estimate of drug-likeness (QED) is 0.742. The van der Waals surface area contributed by atoms with Gasteiger partial charge in [-0.05, 0) is 50.0 Å². The fourth-order valence-corrected chi connectivity index (χ4v) is 4.17. The van der Waals surface area contributed by atoms with E-state index in [4.69, 9.17) is 0 Å². The third kappa shape index (κ3) is 5.44. The first-order valence-electron chi connectivity index (χ1n) is 9.58. The van der Waals surface area contributed by atoms with Crippen molar-refractivity contribution in [3.63, 3.8) is 0 Å². The highest BCUT2D eigenvalue weighted by Gasteiger charge is 2.29. The molecule has 1 aliphatic heterocycles.